The van der Waals surface area contributed by atoms with Crippen LogP contribution in [-0.4, -0.2) is 49.3 Å². The molecule has 2 atom stereocenters. The van der Waals surface area contributed by atoms with Crippen LogP contribution in [0, 0.1) is 0 Å². The third kappa shape index (κ3) is 3.33. The van der Waals surface area contributed by atoms with Crippen LogP contribution >= 0.6 is 0 Å². The van der Waals surface area contributed by atoms with E-state index in [1.807, 2.05) is 4.90 Å². The lowest BCUT2D eigenvalue weighted by atomic mass is 10.1. The molecular formula is C12H23N3O2. The van der Waals surface area contributed by atoms with E-state index in [2.05, 4.69) is 5.32 Å². The monoisotopic (exact) mass is 241 g/mol. The number of amides is 2. The van der Waals surface area contributed by atoms with Crippen LogP contribution in [0.1, 0.15) is 32.1 Å². The highest BCUT2D eigenvalue weighted by molar-refractivity contribution is 5.75. The fourth-order valence-electron chi connectivity index (χ4n) is 2.66. The second-order valence-corrected chi connectivity index (χ2v) is 4.93. The molecule has 0 radical (unpaired) electrons. The molecule has 0 aromatic carbocycles. The summed E-state index contributed by atoms with van der Waals surface area (Å²) in [6, 6.07) is 0.680. The van der Waals surface area contributed by atoms with Gasteiger partial charge in [-0.25, -0.2) is 4.79 Å². The first-order chi connectivity index (χ1) is 8.31. The average Bonchev–Trinajstić information content (AvgIpc) is 2.96. The van der Waals surface area contributed by atoms with E-state index in [1.165, 1.54) is 0 Å². The Labute approximate surface area is 103 Å². The molecule has 2 aliphatic heterocycles. The summed E-state index contributed by atoms with van der Waals surface area (Å²) in [6.45, 7) is 3.02. The van der Waals surface area contributed by atoms with Gasteiger partial charge in [-0.3, -0.25) is 0 Å². The summed E-state index contributed by atoms with van der Waals surface area (Å²) in [6.07, 6.45) is 5.21. The second-order valence-electron chi connectivity index (χ2n) is 4.93. The topological polar surface area (TPSA) is 67.6 Å². The second kappa shape index (κ2) is 6.21. The van der Waals surface area contributed by atoms with Crippen LogP contribution in [0.25, 0.3) is 0 Å². The van der Waals surface area contributed by atoms with Crippen molar-refractivity contribution in [3.05, 3.63) is 0 Å². The highest BCUT2D eigenvalue weighted by atomic mass is 16.5. The molecule has 2 unspecified atom stereocenters. The molecule has 5 nitrogen and oxygen atoms in total. The van der Waals surface area contributed by atoms with Crippen LogP contribution in [0.15, 0.2) is 0 Å². The lowest BCUT2D eigenvalue weighted by Crippen LogP contribution is -2.47. The number of ether oxygens (including phenoxy) is 1. The van der Waals surface area contributed by atoms with Gasteiger partial charge in [-0.15, -0.1) is 0 Å². The summed E-state index contributed by atoms with van der Waals surface area (Å²) < 4.78 is 5.26. The molecule has 0 bridgehead atoms. The number of rotatable bonds is 4. The third-order valence-electron chi connectivity index (χ3n) is 3.64. The number of nitrogens with two attached hydrogens (primary N) is 1. The largest absolute Gasteiger partial charge is 0.379 e. The van der Waals surface area contributed by atoms with Crippen LogP contribution in [0.4, 0.5) is 4.79 Å². The van der Waals surface area contributed by atoms with Crippen LogP contribution < -0.4 is 11.1 Å². The van der Waals surface area contributed by atoms with Gasteiger partial charge in [0, 0.05) is 19.2 Å². The first-order valence-corrected chi connectivity index (χ1v) is 6.66. The van der Waals surface area contributed by atoms with Crippen LogP contribution in [-0.2, 0) is 4.74 Å². The molecule has 2 saturated heterocycles. The molecule has 2 fully saturated rings. The van der Waals surface area contributed by atoms with Crippen molar-refractivity contribution >= 4 is 6.03 Å². The Morgan fingerprint density at radius 2 is 2.35 bits per heavy atom. The highest BCUT2D eigenvalue weighted by Gasteiger charge is 2.29. The molecule has 0 aromatic heterocycles. The smallest absolute Gasteiger partial charge is 0.317 e. The van der Waals surface area contributed by atoms with E-state index in [9.17, 15) is 4.79 Å². The van der Waals surface area contributed by atoms with Gasteiger partial charge in [-0.2, -0.15) is 0 Å². The van der Waals surface area contributed by atoms with Gasteiger partial charge in [-0.1, -0.05) is 0 Å². The molecule has 5 heteroatoms. The van der Waals surface area contributed by atoms with Gasteiger partial charge >= 0.3 is 6.03 Å². The van der Waals surface area contributed by atoms with Gasteiger partial charge in [-0.05, 0) is 38.6 Å². The lowest BCUT2D eigenvalue weighted by molar-refractivity contribution is 0.173. The predicted octanol–water partition coefficient (Wildman–Crippen LogP) is 0.688. The van der Waals surface area contributed by atoms with E-state index < -0.39 is 0 Å². The van der Waals surface area contributed by atoms with Crippen molar-refractivity contribution < 1.29 is 9.53 Å². The van der Waals surface area contributed by atoms with Gasteiger partial charge in [0.25, 0.3) is 0 Å². The molecule has 17 heavy (non-hydrogen) atoms. The molecular weight excluding hydrogens is 218 g/mol. The number of nitrogens with zero attached hydrogens (tertiary/aromatic N) is 1. The van der Waals surface area contributed by atoms with E-state index >= 15 is 0 Å². The van der Waals surface area contributed by atoms with Crippen LogP contribution in [0.2, 0.25) is 0 Å². The quantitative estimate of drug-likeness (QED) is 0.761. The van der Waals surface area contributed by atoms with Crippen molar-refractivity contribution in [2.75, 3.05) is 26.3 Å². The van der Waals surface area contributed by atoms with Gasteiger partial charge in [0.2, 0.25) is 0 Å². The van der Waals surface area contributed by atoms with Crippen molar-refractivity contribution in [3.8, 4) is 0 Å². The first kappa shape index (κ1) is 12.6. The minimum absolute atomic E-state index is 0.0834. The first-order valence-electron chi connectivity index (χ1n) is 6.66. The number of urea groups is 1. The molecule has 0 spiro atoms. The summed E-state index contributed by atoms with van der Waals surface area (Å²) >= 11 is 0. The normalized spacial score (nSPS) is 28.6. The van der Waals surface area contributed by atoms with E-state index in [4.69, 9.17) is 10.5 Å². The average molecular weight is 241 g/mol. The Bertz CT molecular complexity index is 254. The zero-order valence-electron chi connectivity index (χ0n) is 10.4. The third-order valence-corrected chi connectivity index (χ3v) is 3.64. The zero-order chi connectivity index (χ0) is 12.1. The van der Waals surface area contributed by atoms with Crippen molar-refractivity contribution in [3.63, 3.8) is 0 Å². The molecule has 2 amide bonds. The molecule has 0 aliphatic carbocycles. The van der Waals surface area contributed by atoms with E-state index in [0.29, 0.717) is 19.2 Å². The number of carbonyl (C=O) groups is 1. The maximum absolute atomic E-state index is 12.1. The van der Waals surface area contributed by atoms with E-state index in [1.54, 1.807) is 0 Å². The summed E-state index contributed by atoms with van der Waals surface area (Å²) in [7, 11) is 0. The van der Waals surface area contributed by atoms with E-state index in [-0.39, 0.29) is 12.1 Å². The van der Waals surface area contributed by atoms with Gasteiger partial charge < -0.3 is 20.7 Å². The molecule has 2 aliphatic rings. The Morgan fingerprint density at radius 3 is 3.06 bits per heavy atom. The molecule has 2 heterocycles. The molecule has 3 N–H and O–H groups in total. The Balaban J connectivity index is 1.80. The van der Waals surface area contributed by atoms with Crippen molar-refractivity contribution in [2.24, 2.45) is 5.73 Å². The van der Waals surface area contributed by atoms with Crippen molar-refractivity contribution in [2.45, 2.75) is 44.2 Å². The predicted molar refractivity (Wildman–Crippen MR) is 65.8 cm³/mol. The maximum atomic E-state index is 12.1. The van der Waals surface area contributed by atoms with Gasteiger partial charge in [0.15, 0.2) is 0 Å². The van der Waals surface area contributed by atoms with Crippen LogP contribution in [0.3, 0.4) is 0 Å². The maximum Gasteiger partial charge on any atom is 0.317 e. The lowest BCUT2D eigenvalue weighted by Gasteiger charge is -2.26. The number of hydrogen-bond donors (Lipinski definition) is 2. The Hall–Kier alpha value is -0.810. The SMILES string of the molecule is NCCCC1CCCN1C(=O)NC1CCOC1. The molecule has 0 aromatic rings. The van der Waals surface area contributed by atoms with E-state index in [0.717, 1.165) is 45.3 Å². The molecule has 98 valence electrons. The van der Waals surface area contributed by atoms with Gasteiger partial charge in [0.05, 0.1) is 12.6 Å². The Kier molecular flexibility index (Phi) is 4.62. The summed E-state index contributed by atoms with van der Waals surface area (Å²) in [5, 5.41) is 3.06. The minimum Gasteiger partial charge on any atom is -0.379 e. The fraction of sp³-hybridized carbons (Fsp3) is 0.917. The summed E-state index contributed by atoms with van der Waals surface area (Å²) in [5.74, 6) is 0. The molecule has 0 saturated carbocycles. The van der Waals surface area contributed by atoms with Crippen LogP contribution in [0.5, 0.6) is 0 Å². The number of carbonyl (C=O) groups excluding carboxylic acids is 1. The van der Waals surface area contributed by atoms with Crippen molar-refractivity contribution in [1.82, 2.24) is 10.2 Å². The Morgan fingerprint density at radius 1 is 1.47 bits per heavy atom. The summed E-state index contributed by atoms with van der Waals surface area (Å²) in [4.78, 5) is 14.1. The number of likely N-dealkylation sites (tertiary alicyclic amines) is 1. The molecule has 2 rings (SSSR count). The number of hydrogen-bond acceptors (Lipinski definition) is 3. The standard InChI is InChI=1S/C12H23N3O2/c13-6-1-3-11-4-2-7-15(11)12(16)14-10-5-8-17-9-10/h10-11H,1-9,13H2,(H,14,16). The van der Waals surface area contributed by atoms with Gasteiger partial charge in [0.1, 0.15) is 0 Å². The van der Waals surface area contributed by atoms with Crippen molar-refractivity contribution in [1.29, 1.82) is 0 Å². The highest BCUT2D eigenvalue weighted by Crippen LogP contribution is 2.21. The fourth-order valence-corrected chi connectivity index (χ4v) is 2.66. The zero-order valence-corrected chi connectivity index (χ0v) is 10.4. The minimum atomic E-state index is 0.0834. The number of nitrogens with one attached hydrogen (secondary N) is 1. The summed E-state index contributed by atoms with van der Waals surface area (Å²) in [5.41, 5.74) is 5.52.